The number of nitrogens with zero attached hydrogens (tertiary/aromatic N) is 6. The number of amides is 1. The number of hydrogen-bond acceptors (Lipinski definition) is 7. The van der Waals surface area contributed by atoms with Crippen LogP contribution < -0.4 is 0 Å². The van der Waals surface area contributed by atoms with Crippen LogP contribution in [0.1, 0.15) is 23.8 Å². The SMILES string of the molecule is O=C(Cn1nnc(-c2ccsc2)n1)N1CCCC(c2nc3ccccc3s2)C1. The number of aromatic nitrogens is 5. The molecule has 1 saturated heterocycles. The van der Waals surface area contributed by atoms with E-state index in [1.165, 1.54) is 9.50 Å². The Kier molecular flexibility index (Phi) is 4.61. The molecule has 142 valence electrons. The molecule has 1 fully saturated rings. The van der Waals surface area contributed by atoms with E-state index < -0.39 is 0 Å². The Bertz CT molecular complexity index is 1070. The van der Waals surface area contributed by atoms with Crippen molar-refractivity contribution in [3.63, 3.8) is 0 Å². The molecule has 5 rings (SSSR count). The van der Waals surface area contributed by atoms with Crippen molar-refractivity contribution in [1.82, 2.24) is 30.1 Å². The first-order chi connectivity index (χ1) is 13.8. The van der Waals surface area contributed by atoms with Crippen molar-refractivity contribution >= 4 is 38.8 Å². The van der Waals surface area contributed by atoms with Gasteiger partial charge in [-0.05, 0) is 41.6 Å². The van der Waals surface area contributed by atoms with Gasteiger partial charge in [0.1, 0.15) is 6.54 Å². The van der Waals surface area contributed by atoms with Crippen LogP contribution in [0.4, 0.5) is 0 Å². The van der Waals surface area contributed by atoms with Crippen molar-refractivity contribution in [1.29, 1.82) is 0 Å². The third-order valence-electron chi connectivity index (χ3n) is 4.94. The van der Waals surface area contributed by atoms with Gasteiger partial charge in [-0.2, -0.15) is 16.1 Å². The molecule has 9 heteroatoms. The minimum absolute atomic E-state index is 0.0279. The summed E-state index contributed by atoms with van der Waals surface area (Å²) in [4.78, 5) is 20.9. The van der Waals surface area contributed by atoms with E-state index in [2.05, 4.69) is 21.5 Å². The summed E-state index contributed by atoms with van der Waals surface area (Å²) in [6.07, 6.45) is 2.05. The molecule has 7 nitrogen and oxygen atoms in total. The van der Waals surface area contributed by atoms with Crippen molar-refractivity contribution in [2.75, 3.05) is 13.1 Å². The average molecular weight is 411 g/mol. The monoisotopic (exact) mass is 410 g/mol. The number of para-hydroxylation sites is 1. The average Bonchev–Trinajstić information content (AvgIpc) is 3.47. The van der Waals surface area contributed by atoms with Gasteiger partial charge < -0.3 is 4.90 Å². The molecule has 4 aromatic rings. The fraction of sp³-hybridized carbons (Fsp3) is 0.316. The van der Waals surface area contributed by atoms with Crippen LogP contribution in [0.2, 0.25) is 0 Å². The van der Waals surface area contributed by atoms with E-state index in [4.69, 9.17) is 4.98 Å². The molecule has 1 aromatic carbocycles. The topological polar surface area (TPSA) is 76.8 Å². The predicted octanol–water partition coefficient (Wildman–Crippen LogP) is 3.42. The van der Waals surface area contributed by atoms with Gasteiger partial charge in [0.2, 0.25) is 11.7 Å². The van der Waals surface area contributed by atoms with Crippen LogP contribution in [-0.4, -0.2) is 49.1 Å². The van der Waals surface area contributed by atoms with Crippen LogP contribution in [0.3, 0.4) is 0 Å². The minimum atomic E-state index is 0.0279. The molecule has 0 saturated carbocycles. The summed E-state index contributed by atoms with van der Waals surface area (Å²) in [5.41, 5.74) is 1.97. The lowest BCUT2D eigenvalue weighted by molar-refractivity contribution is -0.133. The van der Waals surface area contributed by atoms with E-state index in [-0.39, 0.29) is 12.5 Å². The number of fused-ring (bicyclic) bond motifs is 1. The van der Waals surface area contributed by atoms with Gasteiger partial charge in [0, 0.05) is 30.0 Å². The second-order valence-corrected chi connectivity index (χ2v) is 8.70. The van der Waals surface area contributed by atoms with Crippen LogP contribution in [0.25, 0.3) is 21.6 Å². The molecule has 1 aliphatic rings. The van der Waals surface area contributed by atoms with Gasteiger partial charge in [0.25, 0.3) is 0 Å². The number of benzene rings is 1. The van der Waals surface area contributed by atoms with E-state index in [0.717, 1.165) is 35.5 Å². The van der Waals surface area contributed by atoms with Gasteiger partial charge in [-0.1, -0.05) is 12.1 Å². The fourth-order valence-corrected chi connectivity index (χ4v) is 5.24. The van der Waals surface area contributed by atoms with Crippen LogP contribution in [0, 0.1) is 0 Å². The highest BCUT2D eigenvalue weighted by atomic mass is 32.1. The Morgan fingerprint density at radius 1 is 1.25 bits per heavy atom. The van der Waals surface area contributed by atoms with E-state index >= 15 is 0 Å². The molecular formula is C19H18N6OS2. The highest BCUT2D eigenvalue weighted by molar-refractivity contribution is 7.18. The summed E-state index contributed by atoms with van der Waals surface area (Å²) < 4.78 is 1.20. The summed E-state index contributed by atoms with van der Waals surface area (Å²) >= 11 is 3.32. The molecular weight excluding hydrogens is 392 g/mol. The maximum absolute atomic E-state index is 12.8. The van der Waals surface area contributed by atoms with Gasteiger partial charge in [0.05, 0.1) is 15.2 Å². The lowest BCUT2D eigenvalue weighted by atomic mass is 9.98. The van der Waals surface area contributed by atoms with Gasteiger partial charge in [-0.3, -0.25) is 4.79 Å². The number of tetrazole rings is 1. The number of carbonyl (C=O) groups excluding carboxylic acids is 1. The molecule has 0 aliphatic carbocycles. The second-order valence-electron chi connectivity index (χ2n) is 6.85. The maximum atomic E-state index is 12.8. The molecule has 1 atom stereocenters. The van der Waals surface area contributed by atoms with Gasteiger partial charge >= 0.3 is 0 Å². The van der Waals surface area contributed by atoms with Crippen molar-refractivity contribution in [3.8, 4) is 11.4 Å². The molecule has 1 aliphatic heterocycles. The lowest BCUT2D eigenvalue weighted by Crippen LogP contribution is -2.41. The van der Waals surface area contributed by atoms with Crippen molar-refractivity contribution in [2.24, 2.45) is 0 Å². The van der Waals surface area contributed by atoms with Crippen molar-refractivity contribution in [3.05, 3.63) is 46.1 Å². The third-order valence-corrected chi connectivity index (χ3v) is 6.82. The van der Waals surface area contributed by atoms with Crippen LogP contribution >= 0.6 is 22.7 Å². The Balaban J connectivity index is 1.27. The molecule has 1 amide bonds. The van der Waals surface area contributed by atoms with E-state index in [9.17, 15) is 4.79 Å². The quantitative estimate of drug-likeness (QED) is 0.515. The molecule has 3 aromatic heterocycles. The minimum Gasteiger partial charge on any atom is -0.340 e. The van der Waals surface area contributed by atoms with Crippen LogP contribution in [0.5, 0.6) is 0 Å². The van der Waals surface area contributed by atoms with E-state index in [1.54, 1.807) is 22.7 Å². The standard InChI is InChI=1S/C19H18N6OS2/c26-17(11-25-22-18(21-23-25)14-7-9-27-12-14)24-8-3-4-13(10-24)19-20-15-5-1-2-6-16(15)28-19/h1-2,5-7,9,12-13H,3-4,8,10-11H2. The van der Waals surface area contributed by atoms with E-state index in [1.807, 2.05) is 39.9 Å². The highest BCUT2D eigenvalue weighted by Crippen LogP contribution is 2.33. The third kappa shape index (κ3) is 3.43. The normalized spacial score (nSPS) is 17.3. The smallest absolute Gasteiger partial charge is 0.246 e. The molecule has 0 N–H and O–H groups in total. The first-order valence-electron chi connectivity index (χ1n) is 9.20. The predicted molar refractivity (Wildman–Crippen MR) is 109 cm³/mol. The number of carbonyl (C=O) groups is 1. The molecule has 1 unspecified atom stereocenters. The first-order valence-corrected chi connectivity index (χ1v) is 11.0. The zero-order valence-electron chi connectivity index (χ0n) is 15.1. The van der Waals surface area contributed by atoms with Gasteiger partial charge in [-0.25, -0.2) is 4.98 Å². The number of piperidine rings is 1. The van der Waals surface area contributed by atoms with E-state index in [0.29, 0.717) is 18.3 Å². The Morgan fingerprint density at radius 3 is 3.04 bits per heavy atom. The largest absolute Gasteiger partial charge is 0.340 e. The van der Waals surface area contributed by atoms with Crippen LogP contribution in [-0.2, 0) is 11.3 Å². The molecule has 0 bridgehead atoms. The number of rotatable bonds is 4. The van der Waals surface area contributed by atoms with Gasteiger partial charge in [0.15, 0.2) is 0 Å². The molecule has 4 heterocycles. The summed E-state index contributed by atoms with van der Waals surface area (Å²) in [5, 5.41) is 17.5. The molecule has 0 spiro atoms. The van der Waals surface area contributed by atoms with Crippen LogP contribution in [0.15, 0.2) is 41.1 Å². The van der Waals surface area contributed by atoms with Crippen molar-refractivity contribution < 1.29 is 4.79 Å². The first kappa shape index (κ1) is 17.4. The summed E-state index contributed by atoms with van der Waals surface area (Å²) in [7, 11) is 0. The number of hydrogen-bond donors (Lipinski definition) is 0. The highest BCUT2D eigenvalue weighted by Gasteiger charge is 2.27. The number of thiophene rings is 1. The summed E-state index contributed by atoms with van der Waals surface area (Å²) in [6.45, 7) is 1.58. The van der Waals surface area contributed by atoms with Crippen molar-refractivity contribution in [2.45, 2.75) is 25.3 Å². The molecule has 28 heavy (non-hydrogen) atoms. The zero-order valence-corrected chi connectivity index (χ0v) is 16.7. The maximum Gasteiger partial charge on any atom is 0.246 e. The fourth-order valence-electron chi connectivity index (χ4n) is 3.51. The summed E-state index contributed by atoms with van der Waals surface area (Å²) in [6, 6.07) is 10.1. The number of likely N-dealkylation sites (tertiary alicyclic amines) is 1. The second kappa shape index (κ2) is 7.40. The van der Waals surface area contributed by atoms with Gasteiger partial charge in [-0.15, -0.1) is 21.5 Å². The zero-order chi connectivity index (χ0) is 18.9. The Morgan fingerprint density at radius 2 is 2.18 bits per heavy atom. The Labute approximate surface area is 169 Å². The Hall–Kier alpha value is -2.65. The summed E-state index contributed by atoms with van der Waals surface area (Å²) in [5.74, 6) is 0.875. The molecule has 0 radical (unpaired) electrons. The lowest BCUT2D eigenvalue weighted by Gasteiger charge is -2.31. The number of thiazole rings is 1.